The second-order valence-corrected chi connectivity index (χ2v) is 7.28. The third-order valence-corrected chi connectivity index (χ3v) is 5.45. The summed E-state index contributed by atoms with van der Waals surface area (Å²) in [5.41, 5.74) is 3.87. The molecule has 0 spiro atoms. The highest BCUT2D eigenvalue weighted by atomic mass is 16.5. The summed E-state index contributed by atoms with van der Waals surface area (Å²) in [7, 11) is 3.67. The molecule has 0 aliphatic carbocycles. The van der Waals surface area contributed by atoms with Crippen molar-refractivity contribution in [3.63, 3.8) is 0 Å². The minimum absolute atomic E-state index is 0.0967. The number of carbonyl (C=O) groups is 2. The lowest BCUT2D eigenvalue weighted by atomic mass is 10.0. The van der Waals surface area contributed by atoms with Crippen LogP contribution in [0.5, 0.6) is 0 Å². The zero-order valence-electron chi connectivity index (χ0n) is 16.3. The van der Waals surface area contributed by atoms with Crippen LogP contribution in [0, 0.1) is 0 Å². The van der Waals surface area contributed by atoms with Gasteiger partial charge in [0.25, 0.3) is 0 Å². The molecule has 1 aromatic carbocycles. The van der Waals surface area contributed by atoms with Crippen molar-refractivity contribution >= 4 is 17.5 Å². The van der Waals surface area contributed by atoms with Gasteiger partial charge in [-0.25, -0.2) is 0 Å². The summed E-state index contributed by atoms with van der Waals surface area (Å²) < 4.78 is 4.88. The maximum atomic E-state index is 12.1. The first kappa shape index (κ1) is 19.6. The fraction of sp³-hybridized carbons (Fsp3) is 0.600. The van der Waals surface area contributed by atoms with Gasteiger partial charge in [0.05, 0.1) is 12.6 Å². The number of rotatable bonds is 7. The summed E-state index contributed by atoms with van der Waals surface area (Å²) in [4.78, 5) is 28.7. The van der Waals surface area contributed by atoms with E-state index in [0.29, 0.717) is 19.7 Å². The van der Waals surface area contributed by atoms with Gasteiger partial charge in [0.2, 0.25) is 0 Å². The summed E-state index contributed by atoms with van der Waals surface area (Å²) in [5, 5.41) is 5.38. The van der Waals surface area contributed by atoms with Crippen molar-refractivity contribution in [2.24, 2.45) is 0 Å². The van der Waals surface area contributed by atoms with Crippen molar-refractivity contribution in [3.05, 3.63) is 29.3 Å². The lowest BCUT2D eigenvalue weighted by Crippen LogP contribution is -2.44. The largest absolute Gasteiger partial charge is 0.383 e. The molecule has 0 bridgehead atoms. The summed E-state index contributed by atoms with van der Waals surface area (Å²) >= 11 is 0. The van der Waals surface area contributed by atoms with Gasteiger partial charge >= 0.3 is 11.8 Å². The fourth-order valence-corrected chi connectivity index (χ4v) is 3.92. The Kier molecular flexibility index (Phi) is 6.68. The molecule has 0 saturated carbocycles. The van der Waals surface area contributed by atoms with Gasteiger partial charge in [-0.1, -0.05) is 12.1 Å². The molecule has 148 valence electrons. The number of carbonyl (C=O) groups excluding carboxylic acids is 2. The number of amides is 2. The number of benzene rings is 1. The van der Waals surface area contributed by atoms with Gasteiger partial charge in [-0.3, -0.25) is 14.5 Å². The highest BCUT2D eigenvalue weighted by Crippen LogP contribution is 2.32. The smallest absolute Gasteiger partial charge is 0.309 e. The molecule has 0 aromatic heterocycles. The van der Waals surface area contributed by atoms with E-state index in [4.69, 9.17) is 4.74 Å². The molecule has 1 saturated heterocycles. The first-order valence-corrected chi connectivity index (χ1v) is 9.73. The minimum atomic E-state index is -0.609. The quantitative estimate of drug-likeness (QED) is 0.543. The summed E-state index contributed by atoms with van der Waals surface area (Å²) in [5.74, 6) is -1.20. The van der Waals surface area contributed by atoms with Crippen LogP contribution in [0.2, 0.25) is 0 Å². The van der Waals surface area contributed by atoms with Gasteiger partial charge in [-0.05, 0) is 49.5 Å². The van der Waals surface area contributed by atoms with Crippen LogP contribution in [0.25, 0.3) is 0 Å². The fourth-order valence-electron chi connectivity index (χ4n) is 3.92. The first-order valence-electron chi connectivity index (χ1n) is 9.73. The summed E-state index contributed by atoms with van der Waals surface area (Å²) in [6, 6.07) is 6.71. The maximum Gasteiger partial charge on any atom is 0.309 e. The zero-order chi connectivity index (χ0) is 19.2. The number of likely N-dealkylation sites (tertiary alicyclic amines) is 1. The molecule has 3 rings (SSSR count). The molecule has 27 heavy (non-hydrogen) atoms. The molecule has 2 amide bonds. The second-order valence-electron chi connectivity index (χ2n) is 7.28. The molecule has 0 unspecified atom stereocenters. The van der Waals surface area contributed by atoms with E-state index in [1.807, 2.05) is 0 Å². The van der Waals surface area contributed by atoms with Crippen LogP contribution in [0.3, 0.4) is 0 Å². The van der Waals surface area contributed by atoms with E-state index >= 15 is 0 Å². The van der Waals surface area contributed by atoms with Crippen LogP contribution in [-0.2, 0) is 20.7 Å². The van der Waals surface area contributed by atoms with Crippen molar-refractivity contribution in [1.82, 2.24) is 15.5 Å². The second kappa shape index (κ2) is 9.19. The lowest BCUT2D eigenvalue weighted by molar-refractivity contribution is -0.139. The van der Waals surface area contributed by atoms with E-state index in [-0.39, 0.29) is 6.04 Å². The molecule has 0 radical (unpaired) electrons. The van der Waals surface area contributed by atoms with E-state index in [2.05, 4.69) is 45.7 Å². The van der Waals surface area contributed by atoms with Gasteiger partial charge in [-0.2, -0.15) is 0 Å². The third-order valence-electron chi connectivity index (χ3n) is 5.45. The highest BCUT2D eigenvalue weighted by Gasteiger charge is 2.26. The predicted octanol–water partition coefficient (Wildman–Crippen LogP) is 0.695. The number of ether oxygens (including phenoxy) is 1. The van der Waals surface area contributed by atoms with Crippen molar-refractivity contribution in [1.29, 1.82) is 0 Å². The Labute approximate surface area is 161 Å². The number of anilines is 1. The highest BCUT2D eigenvalue weighted by molar-refractivity contribution is 6.35. The van der Waals surface area contributed by atoms with E-state index in [1.165, 1.54) is 29.7 Å². The number of hydrogen-bond acceptors (Lipinski definition) is 5. The lowest BCUT2D eigenvalue weighted by Gasteiger charge is -2.28. The number of nitrogens with zero attached hydrogens (tertiary/aromatic N) is 2. The molecule has 1 atom stereocenters. The Hall–Kier alpha value is -2.12. The van der Waals surface area contributed by atoms with Gasteiger partial charge in [0, 0.05) is 39.5 Å². The van der Waals surface area contributed by atoms with Gasteiger partial charge < -0.3 is 20.3 Å². The monoisotopic (exact) mass is 374 g/mol. The summed E-state index contributed by atoms with van der Waals surface area (Å²) in [6.45, 7) is 4.25. The number of methoxy groups -OCH3 is 1. The molecular weight excluding hydrogens is 344 g/mol. The van der Waals surface area contributed by atoms with Gasteiger partial charge in [0.1, 0.15) is 0 Å². The standard InChI is InChI=1S/C20H30N4O3/c1-23-11-7-16-13-15(5-6-17(16)23)18(24-9-3-4-10-24)14-22-20(26)19(25)21-8-12-27-2/h5-6,13,18H,3-4,7-12,14H2,1-2H3,(H,21,25)(H,22,26)/t18-/m0/s1. The van der Waals surface area contributed by atoms with E-state index in [9.17, 15) is 9.59 Å². The van der Waals surface area contributed by atoms with Crippen LogP contribution in [-0.4, -0.2) is 70.2 Å². The maximum absolute atomic E-state index is 12.1. The normalized spacial score (nSPS) is 17.6. The van der Waals surface area contributed by atoms with Crippen LogP contribution >= 0.6 is 0 Å². The van der Waals surface area contributed by atoms with E-state index in [1.54, 1.807) is 7.11 Å². The molecule has 7 nitrogen and oxygen atoms in total. The first-order chi connectivity index (χ1) is 13.1. The number of nitrogens with one attached hydrogen (secondary N) is 2. The van der Waals surface area contributed by atoms with Crippen molar-refractivity contribution < 1.29 is 14.3 Å². The average molecular weight is 374 g/mol. The van der Waals surface area contributed by atoms with Crippen LogP contribution in [0.15, 0.2) is 18.2 Å². The molecule has 2 aliphatic heterocycles. The van der Waals surface area contributed by atoms with Gasteiger partial charge in [-0.15, -0.1) is 0 Å². The third kappa shape index (κ3) is 4.78. The molecule has 2 N–H and O–H groups in total. The SMILES string of the molecule is COCCNC(=O)C(=O)NC[C@@H](c1ccc2c(c1)CCN2C)N1CCCC1. The van der Waals surface area contributed by atoms with Crippen LogP contribution in [0.4, 0.5) is 5.69 Å². The van der Waals surface area contributed by atoms with Crippen LogP contribution < -0.4 is 15.5 Å². The molecule has 1 aromatic rings. The Bertz CT molecular complexity index is 673. The summed E-state index contributed by atoms with van der Waals surface area (Å²) in [6.07, 6.45) is 3.41. The number of fused-ring (bicyclic) bond motifs is 1. The van der Waals surface area contributed by atoms with Crippen molar-refractivity contribution in [2.75, 3.05) is 58.4 Å². The Balaban J connectivity index is 1.66. The average Bonchev–Trinajstić information content (AvgIpc) is 3.32. The van der Waals surface area contributed by atoms with Gasteiger partial charge in [0.15, 0.2) is 0 Å². The van der Waals surface area contributed by atoms with Crippen molar-refractivity contribution in [3.8, 4) is 0 Å². The van der Waals surface area contributed by atoms with Crippen LogP contribution in [0.1, 0.15) is 30.0 Å². The number of likely N-dealkylation sites (N-methyl/N-ethyl adjacent to an activating group) is 1. The van der Waals surface area contributed by atoms with E-state index < -0.39 is 11.8 Å². The Morgan fingerprint density at radius 2 is 1.89 bits per heavy atom. The minimum Gasteiger partial charge on any atom is -0.383 e. The van der Waals surface area contributed by atoms with Crippen molar-refractivity contribution in [2.45, 2.75) is 25.3 Å². The zero-order valence-corrected chi connectivity index (χ0v) is 16.3. The Morgan fingerprint density at radius 1 is 1.15 bits per heavy atom. The number of hydrogen-bond donors (Lipinski definition) is 2. The predicted molar refractivity (Wildman–Crippen MR) is 105 cm³/mol. The van der Waals surface area contributed by atoms with E-state index in [0.717, 1.165) is 26.1 Å². The topological polar surface area (TPSA) is 73.9 Å². The molecule has 7 heteroatoms. The molecular formula is C20H30N4O3. The Morgan fingerprint density at radius 3 is 2.63 bits per heavy atom. The molecule has 1 fully saturated rings. The molecule has 2 heterocycles. The molecule has 2 aliphatic rings.